The summed E-state index contributed by atoms with van der Waals surface area (Å²) < 4.78 is 0. The first-order chi connectivity index (χ1) is 24.7. The zero-order valence-corrected chi connectivity index (χ0v) is 29.2. The number of hydrogen-bond acceptors (Lipinski definition) is 0. The van der Waals surface area contributed by atoms with Crippen molar-refractivity contribution >= 4 is 53.9 Å². The fourth-order valence-electron chi connectivity index (χ4n) is 7.73. The van der Waals surface area contributed by atoms with E-state index in [1.165, 1.54) is 104 Å². The molecule has 0 radical (unpaired) electrons. The minimum atomic E-state index is 1.05. The first kappa shape index (κ1) is 31.7. The van der Waals surface area contributed by atoms with Gasteiger partial charge in [0.2, 0.25) is 0 Å². The lowest BCUT2D eigenvalue weighted by Gasteiger charge is -2.18. The zero-order valence-electron chi connectivity index (χ0n) is 29.2. The molecule has 0 heteroatoms. The molecule has 0 amide bonds. The minimum absolute atomic E-state index is 1.05. The van der Waals surface area contributed by atoms with Gasteiger partial charge in [-0.15, -0.1) is 0 Å². The molecule has 0 atom stereocenters. The summed E-state index contributed by atoms with van der Waals surface area (Å²) in [5, 5.41) is 12.4. The fourth-order valence-corrected chi connectivity index (χ4v) is 7.73. The molecule has 0 N–H and O–H groups in total. The average molecular weight is 643 g/mol. The Morgan fingerprint density at radius 3 is 1.12 bits per heavy atom. The van der Waals surface area contributed by atoms with Crippen molar-refractivity contribution in [1.82, 2.24) is 0 Å². The van der Waals surface area contributed by atoms with Gasteiger partial charge in [0, 0.05) is 22.3 Å². The van der Waals surface area contributed by atoms with E-state index >= 15 is 0 Å². The van der Waals surface area contributed by atoms with Crippen LogP contribution in [0.1, 0.15) is 85.8 Å². The highest BCUT2D eigenvalue weighted by Gasteiger charge is 2.18. The van der Waals surface area contributed by atoms with Crippen molar-refractivity contribution in [2.24, 2.45) is 0 Å². The third-order valence-electron chi connectivity index (χ3n) is 10.4. The van der Waals surface area contributed by atoms with Crippen LogP contribution in [0.3, 0.4) is 0 Å². The third kappa shape index (κ3) is 5.98. The molecule has 0 spiro atoms. The molecule has 242 valence electrons. The SMILES string of the molecule is CCCCCc1ccc(C#Cc2c3ccccc3c3ccc4c(C#Cc5ccc(CCCCC)cc5)c5ccccc5c5ccc2c3c45)cc1. The highest BCUT2D eigenvalue weighted by atomic mass is 14.2. The molecule has 0 aliphatic carbocycles. The van der Waals surface area contributed by atoms with Crippen LogP contribution in [0.5, 0.6) is 0 Å². The number of aryl methyl sites for hydroxylation is 2. The van der Waals surface area contributed by atoms with Crippen molar-refractivity contribution in [2.45, 2.75) is 65.2 Å². The van der Waals surface area contributed by atoms with Crippen LogP contribution in [-0.4, -0.2) is 0 Å². The van der Waals surface area contributed by atoms with Gasteiger partial charge in [0.15, 0.2) is 0 Å². The molecule has 0 aromatic heterocycles. The molecule has 0 aliphatic heterocycles. The van der Waals surface area contributed by atoms with Crippen LogP contribution in [0, 0.1) is 23.7 Å². The smallest absolute Gasteiger partial charge is 0.0406 e. The highest BCUT2D eigenvalue weighted by Crippen LogP contribution is 2.44. The lowest BCUT2D eigenvalue weighted by Crippen LogP contribution is -1.93. The molecule has 0 saturated heterocycles. The van der Waals surface area contributed by atoms with E-state index in [1.54, 1.807) is 0 Å². The van der Waals surface area contributed by atoms with E-state index in [1.807, 2.05) is 0 Å². The van der Waals surface area contributed by atoms with Gasteiger partial charge in [0.1, 0.15) is 0 Å². The molecule has 8 rings (SSSR count). The van der Waals surface area contributed by atoms with E-state index in [-0.39, 0.29) is 0 Å². The Morgan fingerprint density at radius 1 is 0.340 bits per heavy atom. The van der Waals surface area contributed by atoms with E-state index in [9.17, 15) is 0 Å². The van der Waals surface area contributed by atoms with Crippen LogP contribution in [0.25, 0.3) is 53.9 Å². The maximum Gasteiger partial charge on any atom is 0.0406 e. The summed E-state index contributed by atoms with van der Waals surface area (Å²) in [6, 6.07) is 44.5. The normalized spacial score (nSPS) is 11.3. The predicted octanol–water partition coefficient (Wildman–Crippen LogP) is 13.2. The largest absolute Gasteiger partial charge is 0.0654 e. The first-order valence-corrected chi connectivity index (χ1v) is 18.5. The van der Waals surface area contributed by atoms with Crippen molar-refractivity contribution in [3.8, 4) is 23.7 Å². The quantitative estimate of drug-likeness (QED) is 0.0670. The van der Waals surface area contributed by atoms with Crippen molar-refractivity contribution in [3.05, 3.63) is 155 Å². The van der Waals surface area contributed by atoms with Gasteiger partial charge in [-0.25, -0.2) is 0 Å². The second kappa shape index (κ2) is 14.1. The van der Waals surface area contributed by atoms with Crippen LogP contribution in [0.4, 0.5) is 0 Å². The van der Waals surface area contributed by atoms with Gasteiger partial charge >= 0.3 is 0 Å². The molecule has 8 aromatic carbocycles. The number of benzene rings is 8. The Hall–Kier alpha value is -5.56. The Kier molecular flexibility index (Phi) is 8.95. The van der Waals surface area contributed by atoms with Gasteiger partial charge in [0.25, 0.3) is 0 Å². The van der Waals surface area contributed by atoms with Gasteiger partial charge in [0.05, 0.1) is 0 Å². The molecule has 0 heterocycles. The van der Waals surface area contributed by atoms with Gasteiger partial charge in [-0.2, -0.15) is 0 Å². The summed E-state index contributed by atoms with van der Waals surface area (Å²) in [5.74, 6) is 14.4. The number of unbranched alkanes of at least 4 members (excludes halogenated alkanes) is 4. The zero-order chi connectivity index (χ0) is 33.9. The molecule has 8 aromatic rings. The monoisotopic (exact) mass is 642 g/mol. The summed E-state index contributed by atoms with van der Waals surface area (Å²) in [6.45, 7) is 4.51. The minimum Gasteiger partial charge on any atom is -0.0654 e. The van der Waals surface area contributed by atoms with E-state index in [2.05, 4.69) is 159 Å². The molecule has 50 heavy (non-hydrogen) atoms. The van der Waals surface area contributed by atoms with Crippen molar-refractivity contribution in [2.75, 3.05) is 0 Å². The molecule has 0 fully saturated rings. The van der Waals surface area contributed by atoms with Crippen LogP contribution in [0.15, 0.2) is 121 Å². The standard InChI is InChI=1S/C50H42/c1-3-5-7-13-35-19-23-37(24-20-35)27-29-43-39-15-9-11-17-41(39)45-32-34-48-44(30-28-38-25-21-36(22-26-38)14-8-6-4-2)40-16-10-12-18-42(40)46-31-33-47(43)49(45)50(46)48/h9-12,15-26,31-34H,3-8,13-14H2,1-2H3. The molecular formula is C50H42. The molecule has 0 bridgehead atoms. The van der Waals surface area contributed by atoms with E-state index in [0.717, 1.165) is 35.1 Å². The summed E-state index contributed by atoms with van der Waals surface area (Å²) >= 11 is 0. The summed E-state index contributed by atoms with van der Waals surface area (Å²) in [7, 11) is 0. The lowest BCUT2D eigenvalue weighted by atomic mass is 9.84. The van der Waals surface area contributed by atoms with E-state index in [4.69, 9.17) is 0 Å². The van der Waals surface area contributed by atoms with Crippen molar-refractivity contribution < 1.29 is 0 Å². The van der Waals surface area contributed by atoms with Crippen LogP contribution >= 0.6 is 0 Å². The topological polar surface area (TPSA) is 0 Å². The molecule has 0 nitrogen and oxygen atoms in total. The van der Waals surface area contributed by atoms with Crippen LogP contribution in [-0.2, 0) is 12.8 Å². The van der Waals surface area contributed by atoms with Crippen molar-refractivity contribution in [1.29, 1.82) is 0 Å². The average Bonchev–Trinajstić information content (AvgIpc) is 3.17. The maximum atomic E-state index is 3.67. The number of hydrogen-bond donors (Lipinski definition) is 0. The second-order valence-electron chi connectivity index (χ2n) is 13.7. The summed E-state index contributed by atoms with van der Waals surface area (Å²) in [5.41, 5.74) is 7.07. The van der Waals surface area contributed by atoms with Crippen LogP contribution < -0.4 is 0 Å². The summed E-state index contributed by atoms with van der Waals surface area (Å²) in [4.78, 5) is 0. The van der Waals surface area contributed by atoms with Crippen molar-refractivity contribution in [3.63, 3.8) is 0 Å². The Bertz CT molecular complexity index is 2410. The van der Waals surface area contributed by atoms with Gasteiger partial charge in [-0.05, 0) is 115 Å². The summed E-state index contributed by atoms with van der Waals surface area (Å²) in [6.07, 6.45) is 9.79. The Balaban J connectivity index is 1.30. The van der Waals surface area contributed by atoms with E-state index < -0.39 is 0 Å². The molecular weight excluding hydrogens is 601 g/mol. The molecule has 0 unspecified atom stereocenters. The highest BCUT2D eigenvalue weighted by molar-refractivity contribution is 6.35. The molecule has 0 saturated carbocycles. The third-order valence-corrected chi connectivity index (χ3v) is 10.4. The van der Waals surface area contributed by atoms with E-state index in [0.29, 0.717) is 0 Å². The van der Waals surface area contributed by atoms with Crippen LogP contribution in [0.2, 0.25) is 0 Å². The van der Waals surface area contributed by atoms with Gasteiger partial charge in [-0.3, -0.25) is 0 Å². The second-order valence-corrected chi connectivity index (χ2v) is 13.7. The van der Waals surface area contributed by atoms with Gasteiger partial charge < -0.3 is 0 Å². The number of fused-ring (bicyclic) bond motifs is 4. The lowest BCUT2D eigenvalue weighted by molar-refractivity contribution is 0.717. The fraction of sp³-hybridized carbons (Fsp3) is 0.200. The Morgan fingerprint density at radius 2 is 0.720 bits per heavy atom. The maximum absolute atomic E-state index is 3.67. The van der Waals surface area contributed by atoms with Gasteiger partial charge in [-0.1, -0.05) is 160 Å². The predicted molar refractivity (Wildman–Crippen MR) is 216 cm³/mol. The first-order valence-electron chi connectivity index (χ1n) is 18.5. The number of rotatable bonds is 8. The molecule has 0 aliphatic rings. The Labute approximate surface area is 296 Å².